The minimum Gasteiger partial charge on any atom is -0.481 e. The lowest BCUT2D eigenvalue weighted by Gasteiger charge is -2.23. The number of hydrogen-bond acceptors (Lipinski definition) is 4. The standard InChI is InChI=1S/C15H27NO5/c1-12(21-11-13-7-4-6-10-20-13)15(19)16-9-5-2-3-8-14(17)18/h12-13H,2-11H2,1H3,(H,16,19)(H,17,18). The molecule has 21 heavy (non-hydrogen) atoms. The molecule has 0 spiro atoms. The van der Waals surface area contributed by atoms with Crippen molar-refractivity contribution in [2.24, 2.45) is 0 Å². The van der Waals surface area contributed by atoms with Crippen LogP contribution in [0.1, 0.15) is 51.9 Å². The van der Waals surface area contributed by atoms with Crippen LogP contribution in [0.2, 0.25) is 0 Å². The van der Waals surface area contributed by atoms with Gasteiger partial charge in [-0.05, 0) is 39.0 Å². The van der Waals surface area contributed by atoms with Gasteiger partial charge >= 0.3 is 5.97 Å². The molecule has 2 unspecified atom stereocenters. The Kier molecular flexibility index (Phi) is 9.01. The first kappa shape index (κ1) is 17.9. The summed E-state index contributed by atoms with van der Waals surface area (Å²) in [7, 11) is 0. The Hall–Kier alpha value is -1.14. The van der Waals surface area contributed by atoms with Crippen molar-refractivity contribution in [2.75, 3.05) is 19.8 Å². The van der Waals surface area contributed by atoms with Crippen LogP contribution in [0.25, 0.3) is 0 Å². The SMILES string of the molecule is CC(OCC1CCCCO1)C(=O)NCCCCCC(=O)O. The molecular formula is C15H27NO5. The summed E-state index contributed by atoms with van der Waals surface area (Å²) in [5.41, 5.74) is 0. The van der Waals surface area contributed by atoms with Gasteiger partial charge in [0, 0.05) is 19.6 Å². The van der Waals surface area contributed by atoms with Gasteiger partial charge in [-0.1, -0.05) is 6.42 Å². The quantitative estimate of drug-likeness (QED) is 0.600. The second-order valence-corrected chi connectivity index (χ2v) is 5.46. The number of carboxylic acids is 1. The Bertz CT molecular complexity index is 315. The molecule has 1 heterocycles. The summed E-state index contributed by atoms with van der Waals surface area (Å²) < 4.78 is 11.1. The number of amides is 1. The Morgan fingerprint density at radius 2 is 2.14 bits per heavy atom. The Morgan fingerprint density at radius 3 is 2.81 bits per heavy atom. The van der Waals surface area contributed by atoms with Crippen molar-refractivity contribution in [3.63, 3.8) is 0 Å². The molecule has 1 rings (SSSR count). The van der Waals surface area contributed by atoms with Crippen molar-refractivity contribution in [3.05, 3.63) is 0 Å². The molecule has 2 atom stereocenters. The maximum absolute atomic E-state index is 11.8. The van der Waals surface area contributed by atoms with E-state index in [1.165, 1.54) is 0 Å². The van der Waals surface area contributed by atoms with Crippen LogP contribution in [-0.2, 0) is 19.1 Å². The van der Waals surface area contributed by atoms with E-state index < -0.39 is 12.1 Å². The van der Waals surface area contributed by atoms with Crippen LogP contribution in [0.5, 0.6) is 0 Å². The summed E-state index contributed by atoms with van der Waals surface area (Å²) in [5, 5.41) is 11.3. The number of ether oxygens (including phenoxy) is 2. The highest BCUT2D eigenvalue weighted by Gasteiger charge is 2.18. The highest BCUT2D eigenvalue weighted by Crippen LogP contribution is 2.13. The van der Waals surface area contributed by atoms with E-state index in [-0.39, 0.29) is 18.4 Å². The Morgan fingerprint density at radius 1 is 1.33 bits per heavy atom. The average molecular weight is 301 g/mol. The van der Waals surface area contributed by atoms with Gasteiger partial charge in [0.05, 0.1) is 12.7 Å². The highest BCUT2D eigenvalue weighted by molar-refractivity contribution is 5.80. The van der Waals surface area contributed by atoms with Gasteiger partial charge in [0.15, 0.2) is 0 Å². The average Bonchev–Trinajstić information content (AvgIpc) is 2.48. The molecule has 6 heteroatoms. The molecule has 6 nitrogen and oxygen atoms in total. The van der Waals surface area contributed by atoms with Crippen molar-refractivity contribution < 1.29 is 24.2 Å². The molecule has 0 aromatic heterocycles. The second kappa shape index (κ2) is 10.6. The van der Waals surface area contributed by atoms with E-state index in [4.69, 9.17) is 14.6 Å². The van der Waals surface area contributed by atoms with Gasteiger partial charge in [-0.25, -0.2) is 0 Å². The number of carboxylic acid groups (broad SMARTS) is 1. The fourth-order valence-electron chi connectivity index (χ4n) is 2.20. The molecule has 1 fully saturated rings. The van der Waals surface area contributed by atoms with Gasteiger partial charge in [0.25, 0.3) is 0 Å². The number of rotatable bonds is 10. The van der Waals surface area contributed by atoms with Crippen LogP contribution >= 0.6 is 0 Å². The van der Waals surface area contributed by atoms with Crippen molar-refractivity contribution in [1.82, 2.24) is 5.32 Å². The third-order valence-electron chi connectivity index (χ3n) is 3.54. The van der Waals surface area contributed by atoms with E-state index in [1.54, 1.807) is 6.92 Å². The smallest absolute Gasteiger partial charge is 0.303 e. The lowest BCUT2D eigenvalue weighted by Crippen LogP contribution is -2.37. The van der Waals surface area contributed by atoms with Gasteiger partial charge in [-0.3, -0.25) is 9.59 Å². The molecule has 122 valence electrons. The van der Waals surface area contributed by atoms with Gasteiger partial charge in [-0.15, -0.1) is 0 Å². The minimum atomic E-state index is -0.772. The van der Waals surface area contributed by atoms with Gasteiger partial charge in [0.1, 0.15) is 6.10 Å². The largest absolute Gasteiger partial charge is 0.481 e. The third-order valence-corrected chi connectivity index (χ3v) is 3.54. The summed E-state index contributed by atoms with van der Waals surface area (Å²) in [6.45, 7) is 3.55. The molecule has 0 saturated carbocycles. The highest BCUT2D eigenvalue weighted by atomic mass is 16.5. The van der Waals surface area contributed by atoms with Gasteiger partial charge in [-0.2, -0.15) is 0 Å². The molecule has 2 N–H and O–H groups in total. The zero-order chi connectivity index (χ0) is 15.5. The maximum Gasteiger partial charge on any atom is 0.303 e. The number of hydrogen-bond donors (Lipinski definition) is 2. The van der Waals surface area contributed by atoms with E-state index in [0.29, 0.717) is 19.6 Å². The van der Waals surface area contributed by atoms with Crippen LogP contribution < -0.4 is 5.32 Å². The number of unbranched alkanes of at least 4 members (excludes halogenated alkanes) is 2. The van der Waals surface area contributed by atoms with Crippen LogP contribution in [-0.4, -0.2) is 48.9 Å². The fourth-order valence-corrected chi connectivity index (χ4v) is 2.20. The predicted molar refractivity (Wildman–Crippen MR) is 78.1 cm³/mol. The van der Waals surface area contributed by atoms with Crippen LogP contribution in [0.3, 0.4) is 0 Å². The second-order valence-electron chi connectivity index (χ2n) is 5.46. The normalized spacial score (nSPS) is 20.0. The summed E-state index contributed by atoms with van der Waals surface area (Å²) in [4.78, 5) is 22.1. The van der Waals surface area contributed by atoms with Crippen molar-refractivity contribution >= 4 is 11.9 Å². The summed E-state index contributed by atoms with van der Waals surface area (Å²) in [6, 6.07) is 0. The molecule has 1 saturated heterocycles. The molecule has 0 bridgehead atoms. The van der Waals surface area contributed by atoms with Crippen LogP contribution in [0.4, 0.5) is 0 Å². The fraction of sp³-hybridized carbons (Fsp3) is 0.867. The number of carbonyl (C=O) groups excluding carboxylic acids is 1. The minimum absolute atomic E-state index is 0.116. The Labute approximate surface area is 126 Å². The summed E-state index contributed by atoms with van der Waals surface area (Å²) in [5.74, 6) is -0.893. The molecule has 1 aliphatic rings. The number of nitrogens with one attached hydrogen (secondary N) is 1. The molecule has 0 aromatic carbocycles. The molecule has 0 radical (unpaired) electrons. The van der Waals surface area contributed by atoms with E-state index in [9.17, 15) is 9.59 Å². The van der Waals surface area contributed by atoms with Gasteiger partial charge < -0.3 is 19.9 Å². The molecule has 0 aromatic rings. The molecule has 1 amide bonds. The molecule has 1 aliphatic heterocycles. The zero-order valence-corrected chi connectivity index (χ0v) is 12.8. The molecular weight excluding hydrogens is 274 g/mol. The lowest BCUT2D eigenvalue weighted by molar-refractivity contribution is -0.137. The summed E-state index contributed by atoms with van der Waals surface area (Å²) in [6.07, 6.45) is 5.33. The van der Waals surface area contributed by atoms with E-state index in [2.05, 4.69) is 5.32 Å². The van der Waals surface area contributed by atoms with E-state index >= 15 is 0 Å². The maximum atomic E-state index is 11.8. The van der Waals surface area contributed by atoms with E-state index in [0.717, 1.165) is 38.7 Å². The van der Waals surface area contributed by atoms with Crippen molar-refractivity contribution in [1.29, 1.82) is 0 Å². The van der Waals surface area contributed by atoms with Crippen molar-refractivity contribution in [2.45, 2.75) is 64.1 Å². The third kappa shape index (κ3) is 8.67. The Balaban J connectivity index is 2.01. The first-order valence-electron chi connectivity index (χ1n) is 7.82. The molecule has 0 aliphatic carbocycles. The number of aliphatic carboxylic acids is 1. The predicted octanol–water partition coefficient (Wildman–Crippen LogP) is 1.72. The first-order chi connectivity index (χ1) is 10.1. The monoisotopic (exact) mass is 301 g/mol. The zero-order valence-electron chi connectivity index (χ0n) is 12.8. The summed E-state index contributed by atoms with van der Waals surface area (Å²) >= 11 is 0. The van der Waals surface area contributed by atoms with Crippen LogP contribution in [0.15, 0.2) is 0 Å². The first-order valence-corrected chi connectivity index (χ1v) is 7.82. The topological polar surface area (TPSA) is 84.9 Å². The van der Waals surface area contributed by atoms with Crippen LogP contribution in [0, 0.1) is 0 Å². The number of carbonyl (C=O) groups is 2. The lowest BCUT2D eigenvalue weighted by atomic mass is 10.1. The van der Waals surface area contributed by atoms with E-state index in [1.807, 2.05) is 0 Å². The van der Waals surface area contributed by atoms with Gasteiger partial charge in [0.2, 0.25) is 5.91 Å². The van der Waals surface area contributed by atoms with Crippen molar-refractivity contribution in [3.8, 4) is 0 Å².